The van der Waals surface area contributed by atoms with Gasteiger partial charge in [-0.15, -0.1) is 0 Å². The van der Waals surface area contributed by atoms with E-state index in [1.165, 1.54) is 0 Å². The molecular weight excluding hydrogens is 528 g/mol. The van der Waals surface area contributed by atoms with Crippen LogP contribution in [0.4, 0.5) is 10.6 Å². The minimum Gasteiger partial charge on any atom is -0.465 e. The van der Waals surface area contributed by atoms with Crippen molar-refractivity contribution in [3.8, 4) is 11.3 Å². The molecule has 0 spiro atoms. The van der Waals surface area contributed by atoms with Crippen molar-refractivity contribution in [3.63, 3.8) is 0 Å². The fourth-order valence-electron chi connectivity index (χ4n) is 6.29. The van der Waals surface area contributed by atoms with Gasteiger partial charge in [-0.05, 0) is 67.9 Å². The fourth-order valence-corrected chi connectivity index (χ4v) is 6.29. The van der Waals surface area contributed by atoms with Crippen LogP contribution in [-0.4, -0.2) is 69.7 Å². The maximum absolute atomic E-state index is 12.9. The van der Waals surface area contributed by atoms with Gasteiger partial charge in [0.25, 0.3) is 5.91 Å². The number of anilines is 1. The molecule has 9 nitrogen and oxygen atoms in total. The van der Waals surface area contributed by atoms with Crippen LogP contribution in [0.1, 0.15) is 41.7 Å². The highest BCUT2D eigenvalue weighted by Crippen LogP contribution is 2.36. The van der Waals surface area contributed by atoms with Gasteiger partial charge in [0.2, 0.25) is 0 Å². The number of aromatic nitrogens is 3. The van der Waals surface area contributed by atoms with Crippen LogP contribution >= 0.6 is 0 Å². The zero-order valence-electron chi connectivity index (χ0n) is 23.7. The standard InChI is InChI=1S/C33H36N6O3/c40-32(35-17-11-27-8-4-5-16-34-27)26-9-10-28-29(22-26)36-30(25-6-2-1-3-7-25)31(37-28)38-18-12-23(13-19-38)24-14-20-39(21-15-24)33(41)42/h1-10,16,22-24H,11-15,17-21H2,(H,35,40)(H,41,42). The Balaban J connectivity index is 1.19. The van der Waals surface area contributed by atoms with Crippen molar-refractivity contribution >= 4 is 28.9 Å². The third-order valence-electron chi connectivity index (χ3n) is 8.66. The summed E-state index contributed by atoms with van der Waals surface area (Å²) in [5.74, 6) is 1.91. The first-order valence-electron chi connectivity index (χ1n) is 14.8. The topological polar surface area (TPSA) is 112 Å². The number of pyridine rings is 1. The molecule has 4 heterocycles. The van der Waals surface area contributed by atoms with Gasteiger partial charge in [-0.2, -0.15) is 0 Å². The molecular formula is C33H36N6O3. The number of hydrogen-bond acceptors (Lipinski definition) is 6. The van der Waals surface area contributed by atoms with E-state index < -0.39 is 6.09 Å². The summed E-state index contributed by atoms with van der Waals surface area (Å²) in [7, 11) is 0. The van der Waals surface area contributed by atoms with Crippen molar-refractivity contribution in [2.24, 2.45) is 11.8 Å². The molecule has 0 atom stereocenters. The molecule has 0 unspecified atom stereocenters. The number of nitrogens with one attached hydrogen (secondary N) is 1. The van der Waals surface area contributed by atoms with Crippen LogP contribution < -0.4 is 10.2 Å². The molecule has 2 aromatic carbocycles. The normalized spacial score (nSPS) is 16.5. The number of carboxylic acid groups (broad SMARTS) is 1. The third kappa shape index (κ3) is 6.20. The average Bonchev–Trinajstić information content (AvgIpc) is 3.05. The van der Waals surface area contributed by atoms with Gasteiger partial charge in [-0.1, -0.05) is 36.4 Å². The Morgan fingerprint density at radius 3 is 2.24 bits per heavy atom. The summed E-state index contributed by atoms with van der Waals surface area (Å²) in [6.45, 7) is 3.56. The monoisotopic (exact) mass is 564 g/mol. The van der Waals surface area contributed by atoms with E-state index in [1.54, 1.807) is 11.1 Å². The van der Waals surface area contributed by atoms with E-state index in [2.05, 4.69) is 27.3 Å². The summed E-state index contributed by atoms with van der Waals surface area (Å²) in [4.78, 5) is 42.6. The Bertz CT molecular complexity index is 1530. The molecule has 216 valence electrons. The quantitative estimate of drug-likeness (QED) is 0.315. The number of likely N-dealkylation sites (tertiary alicyclic amines) is 1. The molecule has 6 rings (SSSR count). The summed E-state index contributed by atoms with van der Waals surface area (Å²) < 4.78 is 0. The van der Waals surface area contributed by atoms with Crippen molar-refractivity contribution in [1.29, 1.82) is 0 Å². The largest absolute Gasteiger partial charge is 0.465 e. The van der Waals surface area contributed by atoms with E-state index in [0.29, 0.717) is 49.0 Å². The summed E-state index contributed by atoms with van der Waals surface area (Å²) in [6.07, 6.45) is 5.63. The molecule has 2 fully saturated rings. The van der Waals surface area contributed by atoms with Crippen LogP contribution in [0, 0.1) is 11.8 Å². The maximum atomic E-state index is 12.9. The number of hydrogen-bond donors (Lipinski definition) is 2. The lowest BCUT2D eigenvalue weighted by atomic mass is 9.79. The van der Waals surface area contributed by atoms with Crippen molar-refractivity contribution in [3.05, 3.63) is 84.2 Å². The van der Waals surface area contributed by atoms with Crippen LogP contribution in [0.15, 0.2) is 72.9 Å². The van der Waals surface area contributed by atoms with E-state index in [4.69, 9.17) is 9.97 Å². The van der Waals surface area contributed by atoms with E-state index >= 15 is 0 Å². The number of nitrogens with zero attached hydrogens (tertiary/aromatic N) is 5. The lowest BCUT2D eigenvalue weighted by Gasteiger charge is -2.40. The lowest BCUT2D eigenvalue weighted by molar-refractivity contribution is 0.0953. The zero-order valence-corrected chi connectivity index (χ0v) is 23.7. The molecule has 2 saturated heterocycles. The van der Waals surface area contributed by atoms with Crippen LogP contribution in [0.2, 0.25) is 0 Å². The third-order valence-corrected chi connectivity index (χ3v) is 8.66. The molecule has 9 heteroatoms. The predicted molar refractivity (Wildman–Crippen MR) is 163 cm³/mol. The Labute approximate surface area is 245 Å². The number of fused-ring (bicyclic) bond motifs is 1. The Kier molecular flexibility index (Phi) is 8.26. The first-order chi connectivity index (χ1) is 20.5. The molecule has 2 amide bonds. The minimum absolute atomic E-state index is 0.142. The molecule has 0 radical (unpaired) electrons. The number of rotatable bonds is 7. The lowest BCUT2D eigenvalue weighted by Crippen LogP contribution is -2.42. The Morgan fingerprint density at radius 2 is 1.55 bits per heavy atom. The SMILES string of the molecule is O=C(NCCc1ccccn1)c1ccc2nc(N3CCC(C4CCN(C(=O)O)CC4)CC3)c(-c3ccccc3)nc2c1. The summed E-state index contributed by atoms with van der Waals surface area (Å²) >= 11 is 0. The van der Waals surface area contributed by atoms with Gasteiger partial charge < -0.3 is 20.2 Å². The highest BCUT2D eigenvalue weighted by atomic mass is 16.4. The number of carbonyl (C=O) groups is 2. The molecule has 42 heavy (non-hydrogen) atoms. The first kappa shape index (κ1) is 27.6. The van der Waals surface area contributed by atoms with Crippen LogP contribution in [0.3, 0.4) is 0 Å². The molecule has 4 aromatic rings. The van der Waals surface area contributed by atoms with E-state index in [-0.39, 0.29) is 5.91 Å². The van der Waals surface area contributed by atoms with Gasteiger partial charge in [-0.25, -0.2) is 14.8 Å². The highest BCUT2D eigenvalue weighted by Gasteiger charge is 2.32. The van der Waals surface area contributed by atoms with Crippen molar-refractivity contribution in [1.82, 2.24) is 25.2 Å². The van der Waals surface area contributed by atoms with Gasteiger partial charge in [0.05, 0.1) is 11.0 Å². The van der Waals surface area contributed by atoms with Crippen LogP contribution in [0.5, 0.6) is 0 Å². The first-order valence-corrected chi connectivity index (χ1v) is 14.8. The van der Waals surface area contributed by atoms with Gasteiger partial charge in [0.1, 0.15) is 5.69 Å². The molecule has 0 aliphatic carbocycles. The van der Waals surface area contributed by atoms with Gasteiger partial charge >= 0.3 is 6.09 Å². The van der Waals surface area contributed by atoms with Gasteiger partial charge in [0, 0.05) is 62.2 Å². The number of carbonyl (C=O) groups excluding carboxylic acids is 1. The summed E-state index contributed by atoms with van der Waals surface area (Å²) in [5.41, 5.74) is 4.77. The number of benzene rings is 2. The molecule has 2 aliphatic rings. The van der Waals surface area contributed by atoms with Gasteiger partial charge in [0.15, 0.2) is 5.82 Å². The van der Waals surface area contributed by atoms with E-state index in [9.17, 15) is 14.7 Å². The highest BCUT2D eigenvalue weighted by molar-refractivity contribution is 5.98. The van der Waals surface area contributed by atoms with Crippen LogP contribution in [-0.2, 0) is 6.42 Å². The average molecular weight is 565 g/mol. The summed E-state index contributed by atoms with van der Waals surface area (Å²) in [5, 5.41) is 12.3. The summed E-state index contributed by atoms with van der Waals surface area (Å²) in [6, 6.07) is 21.4. The predicted octanol–water partition coefficient (Wildman–Crippen LogP) is 5.27. The fraction of sp³-hybridized carbons (Fsp3) is 0.364. The minimum atomic E-state index is -0.806. The van der Waals surface area contributed by atoms with Crippen molar-refractivity contribution in [2.45, 2.75) is 32.1 Å². The van der Waals surface area contributed by atoms with E-state index in [0.717, 1.165) is 67.1 Å². The Hall–Kier alpha value is -4.53. The second kappa shape index (κ2) is 12.5. The Morgan fingerprint density at radius 1 is 0.833 bits per heavy atom. The zero-order chi connectivity index (χ0) is 28.9. The second-order valence-corrected chi connectivity index (χ2v) is 11.2. The smallest absolute Gasteiger partial charge is 0.407 e. The molecule has 2 aromatic heterocycles. The molecule has 0 saturated carbocycles. The number of amides is 2. The molecule has 0 bridgehead atoms. The van der Waals surface area contributed by atoms with Crippen LogP contribution in [0.25, 0.3) is 22.3 Å². The van der Waals surface area contributed by atoms with Crippen molar-refractivity contribution < 1.29 is 14.7 Å². The van der Waals surface area contributed by atoms with Gasteiger partial charge in [-0.3, -0.25) is 9.78 Å². The maximum Gasteiger partial charge on any atom is 0.407 e. The molecule has 2 aliphatic heterocycles. The van der Waals surface area contributed by atoms with Crippen molar-refractivity contribution in [2.75, 3.05) is 37.6 Å². The molecule has 2 N–H and O–H groups in total. The number of piperidine rings is 2. The second-order valence-electron chi connectivity index (χ2n) is 11.2. The van der Waals surface area contributed by atoms with E-state index in [1.807, 2.05) is 54.6 Å².